The van der Waals surface area contributed by atoms with E-state index < -0.39 is 79.7 Å². The van der Waals surface area contributed by atoms with Gasteiger partial charge in [0.05, 0.1) is 31.2 Å². The highest BCUT2D eigenvalue weighted by molar-refractivity contribution is 7.89. The van der Waals surface area contributed by atoms with E-state index in [0.717, 1.165) is 61.9 Å². The van der Waals surface area contributed by atoms with Gasteiger partial charge >= 0.3 is 5.97 Å². The number of benzene rings is 2. The molecular formula is C29H28F4N4O7S. The fourth-order valence-corrected chi connectivity index (χ4v) is 7.32. The second-order valence-corrected chi connectivity index (χ2v) is 12.6. The van der Waals surface area contributed by atoms with Gasteiger partial charge in [-0.2, -0.15) is 13.1 Å². The standard InChI is InChI=1S/C29H28F4N4O7S/c1-44-26-22(30)24(32)27(25(33)23(26)31)45(42,43)37-10-9-20(37)28(39)36(17-7-8-18(29(40)41)21(38)11-17)14-16-12-35-19(13-34-16)15-5-3-2-4-6-15/h7-8,11-13,15,20,38H,2-6,9-10,14H2,1H3,(H,40,41)/t20-/m1/s1. The number of halogens is 4. The van der Waals surface area contributed by atoms with E-state index in [1.165, 1.54) is 12.3 Å². The van der Waals surface area contributed by atoms with Crippen LogP contribution in [0, 0.1) is 23.3 Å². The van der Waals surface area contributed by atoms with Gasteiger partial charge in [0.1, 0.15) is 17.4 Å². The summed E-state index contributed by atoms with van der Waals surface area (Å²) in [6.45, 7) is -0.735. The lowest BCUT2D eigenvalue weighted by atomic mass is 9.87. The molecule has 2 N–H and O–H groups in total. The minimum Gasteiger partial charge on any atom is -0.507 e. The fraction of sp³-hybridized carbons (Fsp3) is 0.379. The molecule has 0 radical (unpaired) electrons. The second-order valence-electron chi connectivity index (χ2n) is 10.7. The normalized spacial score (nSPS) is 17.5. The molecule has 1 aromatic heterocycles. The Morgan fingerprint density at radius 1 is 1.00 bits per heavy atom. The molecule has 1 saturated heterocycles. The molecule has 1 aliphatic carbocycles. The molecule has 3 aromatic rings. The zero-order valence-electron chi connectivity index (χ0n) is 23.8. The van der Waals surface area contributed by atoms with Crippen LogP contribution < -0.4 is 9.64 Å². The number of anilines is 1. The molecule has 1 saturated carbocycles. The molecule has 45 heavy (non-hydrogen) atoms. The van der Waals surface area contributed by atoms with Crippen molar-refractivity contribution in [2.24, 2.45) is 0 Å². The number of carboxylic acid groups (broad SMARTS) is 1. The van der Waals surface area contributed by atoms with Gasteiger partial charge in [0.2, 0.25) is 27.6 Å². The third-order valence-electron chi connectivity index (χ3n) is 8.07. The maximum atomic E-state index is 14.8. The summed E-state index contributed by atoms with van der Waals surface area (Å²) in [6, 6.07) is 1.64. The van der Waals surface area contributed by atoms with E-state index >= 15 is 0 Å². The van der Waals surface area contributed by atoms with Gasteiger partial charge < -0.3 is 19.8 Å². The zero-order valence-corrected chi connectivity index (χ0v) is 24.7. The minimum atomic E-state index is -5.32. The minimum absolute atomic E-state index is 0.0520. The van der Waals surface area contributed by atoms with Crippen LogP contribution in [0.15, 0.2) is 35.5 Å². The van der Waals surface area contributed by atoms with Crippen molar-refractivity contribution >= 4 is 27.6 Å². The van der Waals surface area contributed by atoms with E-state index in [9.17, 15) is 45.8 Å². The van der Waals surface area contributed by atoms with Gasteiger partial charge in [-0.15, -0.1) is 0 Å². The summed E-state index contributed by atoms with van der Waals surface area (Å²) < 4.78 is 89.8. The Labute approximate surface area is 255 Å². The summed E-state index contributed by atoms with van der Waals surface area (Å²) in [7, 11) is -4.58. The number of hydrogen-bond acceptors (Lipinski definition) is 8. The SMILES string of the molecule is COc1c(F)c(F)c(S(=O)(=O)N2CC[C@@H]2C(=O)N(Cc2cnc(C3CCCCC3)cn2)c2ccc(C(=O)O)c(O)c2)c(F)c1F. The van der Waals surface area contributed by atoms with Crippen LogP contribution in [0.3, 0.4) is 0 Å². The number of hydrogen-bond donors (Lipinski definition) is 2. The highest BCUT2D eigenvalue weighted by atomic mass is 32.2. The Balaban J connectivity index is 1.49. The number of aromatic carboxylic acids is 1. The second kappa shape index (κ2) is 12.6. The lowest BCUT2D eigenvalue weighted by molar-refractivity contribution is -0.125. The molecule has 11 nitrogen and oxygen atoms in total. The first-order valence-corrected chi connectivity index (χ1v) is 15.4. The maximum absolute atomic E-state index is 14.8. The first kappa shape index (κ1) is 32.1. The van der Waals surface area contributed by atoms with Crippen molar-refractivity contribution in [1.29, 1.82) is 0 Å². The van der Waals surface area contributed by atoms with Gasteiger partial charge in [-0.05, 0) is 31.4 Å². The lowest BCUT2D eigenvalue weighted by Crippen LogP contribution is -2.59. The van der Waals surface area contributed by atoms with Crippen molar-refractivity contribution in [2.75, 3.05) is 18.6 Å². The molecule has 0 spiro atoms. The number of amides is 1. The number of rotatable bonds is 9. The summed E-state index contributed by atoms with van der Waals surface area (Å²) in [5.74, 6) is -12.9. The van der Waals surface area contributed by atoms with Gasteiger partial charge in [-0.3, -0.25) is 14.8 Å². The summed E-state index contributed by atoms with van der Waals surface area (Å²) in [5, 5.41) is 19.6. The molecule has 1 aliphatic heterocycles. The number of sulfonamides is 1. The molecule has 0 unspecified atom stereocenters. The average Bonchev–Trinajstić information content (AvgIpc) is 2.99. The van der Waals surface area contributed by atoms with Crippen LogP contribution in [0.4, 0.5) is 23.2 Å². The molecule has 2 heterocycles. The van der Waals surface area contributed by atoms with Crippen LogP contribution in [0.5, 0.6) is 11.5 Å². The highest BCUT2D eigenvalue weighted by Crippen LogP contribution is 2.38. The first-order chi connectivity index (χ1) is 21.4. The average molecular weight is 653 g/mol. The first-order valence-electron chi connectivity index (χ1n) is 14.0. The van der Waals surface area contributed by atoms with Gasteiger partial charge in [-0.25, -0.2) is 22.0 Å². The number of aromatic hydroxyl groups is 1. The van der Waals surface area contributed by atoms with Crippen molar-refractivity contribution in [2.45, 2.75) is 61.9 Å². The van der Waals surface area contributed by atoms with Crippen LogP contribution in [0.2, 0.25) is 0 Å². The monoisotopic (exact) mass is 652 g/mol. The number of phenols is 1. The van der Waals surface area contributed by atoms with Gasteiger partial charge in [0.25, 0.3) is 0 Å². The Kier molecular flexibility index (Phi) is 8.98. The molecule has 2 aromatic carbocycles. The number of carbonyl (C=O) groups excluding carboxylic acids is 1. The molecule has 5 rings (SSSR count). The van der Waals surface area contributed by atoms with Crippen LogP contribution in [-0.2, 0) is 21.4 Å². The van der Waals surface area contributed by atoms with Crippen molar-refractivity contribution in [3.8, 4) is 11.5 Å². The Morgan fingerprint density at radius 2 is 1.67 bits per heavy atom. The molecule has 240 valence electrons. The predicted octanol–water partition coefficient (Wildman–Crippen LogP) is 4.49. The highest BCUT2D eigenvalue weighted by Gasteiger charge is 2.48. The van der Waals surface area contributed by atoms with Crippen molar-refractivity contribution in [3.63, 3.8) is 0 Å². The molecule has 2 aliphatic rings. The number of carboxylic acids is 1. The summed E-state index contributed by atoms with van der Waals surface area (Å²) in [5.41, 5.74) is 0.516. The lowest BCUT2D eigenvalue weighted by Gasteiger charge is -2.41. The Bertz CT molecular complexity index is 1720. The number of carbonyl (C=O) groups is 2. The number of ether oxygens (including phenoxy) is 1. The van der Waals surface area contributed by atoms with Crippen molar-refractivity contribution < 1.29 is 50.5 Å². The number of nitrogens with zero attached hydrogens (tertiary/aromatic N) is 4. The quantitative estimate of drug-likeness (QED) is 0.252. The van der Waals surface area contributed by atoms with Gasteiger partial charge in [0.15, 0.2) is 22.3 Å². The van der Waals surface area contributed by atoms with Crippen LogP contribution >= 0.6 is 0 Å². The van der Waals surface area contributed by atoms with E-state index in [4.69, 9.17) is 0 Å². The zero-order chi connectivity index (χ0) is 32.6. The summed E-state index contributed by atoms with van der Waals surface area (Å²) in [6.07, 6.45) is 8.09. The molecule has 16 heteroatoms. The van der Waals surface area contributed by atoms with Crippen LogP contribution in [0.1, 0.15) is 66.2 Å². The third kappa shape index (κ3) is 5.91. The van der Waals surface area contributed by atoms with E-state index in [1.54, 1.807) is 6.20 Å². The molecule has 1 atom stereocenters. The topological polar surface area (TPSA) is 150 Å². The maximum Gasteiger partial charge on any atom is 0.339 e. The molecule has 0 bridgehead atoms. The number of aromatic nitrogens is 2. The van der Waals surface area contributed by atoms with Crippen molar-refractivity contribution in [1.82, 2.24) is 14.3 Å². The van der Waals surface area contributed by atoms with E-state index in [2.05, 4.69) is 14.7 Å². The predicted molar refractivity (Wildman–Crippen MR) is 149 cm³/mol. The molecular weight excluding hydrogens is 624 g/mol. The Hall–Kier alpha value is -4.31. The molecule has 2 fully saturated rings. The third-order valence-corrected chi connectivity index (χ3v) is 10.00. The number of methoxy groups -OCH3 is 1. The molecule has 1 amide bonds. The van der Waals surface area contributed by atoms with E-state index in [-0.39, 0.29) is 30.3 Å². The van der Waals surface area contributed by atoms with Crippen LogP contribution in [-0.4, -0.2) is 64.5 Å². The largest absolute Gasteiger partial charge is 0.507 e. The van der Waals surface area contributed by atoms with E-state index in [0.29, 0.717) is 4.31 Å². The Morgan fingerprint density at radius 3 is 2.18 bits per heavy atom. The van der Waals surface area contributed by atoms with E-state index in [1.807, 2.05) is 0 Å². The summed E-state index contributed by atoms with van der Waals surface area (Å²) in [4.78, 5) is 33.3. The smallest absolute Gasteiger partial charge is 0.339 e. The summed E-state index contributed by atoms with van der Waals surface area (Å²) >= 11 is 0. The van der Waals surface area contributed by atoms with Gasteiger partial charge in [0, 0.05) is 30.4 Å². The van der Waals surface area contributed by atoms with Crippen LogP contribution in [0.25, 0.3) is 0 Å². The van der Waals surface area contributed by atoms with Crippen molar-refractivity contribution in [3.05, 3.63) is 70.8 Å². The fourth-order valence-electron chi connectivity index (χ4n) is 5.57. The van der Waals surface area contributed by atoms with Gasteiger partial charge in [-0.1, -0.05) is 19.3 Å².